The molecule has 3 heterocycles. The third kappa shape index (κ3) is 5.55. The molecule has 0 aromatic heterocycles. The van der Waals surface area contributed by atoms with Gasteiger partial charge in [0, 0.05) is 32.2 Å². The Hall–Kier alpha value is -1.51. The van der Waals surface area contributed by atoms with Gasteiger partial charge in [-0.1, -0.05) is 30.3 Å². The highest BCUT2D eigenvalue weighted by molar-refractivity contribution is 5.76. The molecule has 7 heteroatoms. The fourth-order valence-corrected chi connectivity index (χ4v) is 4.58. The van der Waals surface area contributed by atoms with Gasteiger partial charge in [-0.3, -0.25) is 9.69 Å². The van der Waals surface area contributed by atoms with Crippen LogP contribution >= 0.6 is 0 Å². The van der Waals surface area contributed by atoms with E-state index in [1.807, 2.05) is 23.1 Å². The van der Waals surface area contributed by atoms with E-state index in [1.54, 1.807) is 0 Å². The summed E-state index contributed by atoms with van der Waals surface area (Å²) < 4.78 is 17.4. The molecule has 0 radical (unpaired) electrons. The summed E-state index contributed by atoms with van der Waals surface area (Å²) in [5, 5.41) is 10.3. The van der Waals surface area contributed by atoms with E-state index in [9.17, 15) is 9.90 Å². The van der Waals surface area contributed by atoms with Crippen LogP contribution in [0, 0.1) is 0 Å². The second-order valence-electron chi connectivity index (χ2n) is 8.24. The SMILES string of the molecule is O=C(C[C@@H]1CC[C@@H]2[C@H](COC[C@@H](O)CN2Cc2ccccc2)O1)N1CCOCC1. The number of morpholine rings is 1. The average Bonchev–Trinajstić information content (AvgIpc) is 2.74. The van der Waals surface area contributed by atoms with Crippen molar-refractivity contribution in [2.24, 2.45) is 0 Å². The van der Waals surface area contributed by atoms with Gasteiger partial charge in [-0.25, -0.2) is 0 Å². The van der Waals surface area contributed by atoms with Crippen LogP contribution in [-0.2, 0) is 25.5 Å². The van der Waals surface area contributed by atoms with Crippen molar-refractivity contribution in [3.05, 3.63) is 35.9 Å². The zero-order chi connectivity index (χ0) is 20.1. The molecule has 1 N–H and O–H groups in total. The summed E-state index contributed by atoms with van der Waals surface area (Å²) in [6, 6.07) is 10.5. The summed E-state index contributed by atoms with van der Waals surface area (Å²) in [6.07, 6.45) is 1.55. The molecule has 1 amide bonds. The number of nitrogens with zero attached hydrogens (tertiary/aromatic N) is 2. The van der Waals surface area contributed by atoms with E-state index < -0.39 is 6.10 Å². The van der Waals surface area contributed by atoms with Crippen LogP contribution in [0.5, 0.6) is 0 Å². The summed E-state index contributed by atoms with van der Waals surface area (Å²) in [5.41, 5.74) is 1.23. The predicted octanol–water partition coefficient (Wildman–Crippen LogP) is 1.04. The first-order valence-corrected chi connectivity index (χ1v) is 10.7. The molecular weight excluding hydrogens is 372 g/mol. The lowest BCUT2D eigenvalue weighted by molar-refractivity contribution is -0.162. The average molecular weight is 405 g/mol. The van der Waals surface area contributed by atoms with Gasteiger partial charge < -0.3 is 24.2 Å². The fourth-order valence-electron chi connectivity index (χ4n) is 4.58. The van der Waals surface area contributed by atoms with Crippen molar-refractivity contribution in [3.8, 4) is 0 Å². The molecule has 3 aliphatic heterocycles. The van der Waals surface area contributed by atoms with Crippen molar-refractivity contribution in [2.45, 2.75) is 50.2 Å². The van der Waals surface area contributed by atoms with Crippen LogP contribution < -0.4 is 0 Å². The van der Waals surface area contributed by atoms with Gasteiger partial charge in [0.25, 0.3) is 0 Å². The zero-order valence-electron chi connectivity index (χ0n) is 16.9. The van der Waals surface area contributed by atoms with Gasteiger partial charge in [0.15, 0.2) is 0 Å². The van der Waals surface area contributed by atoms with Gasteiger partial charge in [-0.05, 0) is 18.4 Å². The number of aliphatic hydroxyl groups excluding tert-OH is 1. The van der Waals surface area contributed by atoms with Crippen LogP contribution in [0.4, 0.5) is 0 Å². The topological polar surface area (TPSA) is 71.5 Å². The molecule has 29 heavy (non-hydrogen) atoms. The molecule has 3 aliphatic rings. The molecule has 0 unspecified atom stereocenters. The highest BCUT2D eigenvalue weighted by Gasteiger charge is 2.38. The number of aliphatic hydroxyl groups is 1. The van der Waals surface area contributed by atoms with E-state index >= 15 is 0 Å². The predicted molar refractivity (Wildman–Crippen MR) is 107 cm³/mol. The maximum Gasteiger partial charge on any atom is 0.225 e. The van der Waals surface area contributed by atoms with Crippen molar-refractivity contribution in [1.29, 1.82) is 0 Å². The standard InChI is InChI=1S/C22H32N2O5/c25-18-14-24(13-17-4-2-1-3-5-17)20-7-6-19(29-21(20)16-28-15-18)12-22(26)23-8-10-27-11-9-23/h1-5,18-21,25H,6-16H2/t18-,19-,20+,21-/m0/s1. The Kier molecular flexibility index (Phi) is 7.15. The van der Waals surface area contributed by atoms with Crippen LogP contribution in [0.15, 0.2) is 30.3 Å². The first-order chi connectivity index (χ1) is 14.2. The molecule has 3 saturated heterocycles. The smallest absolute Gasteiger partial charge is 0.225 e. The fraction of sp³-hybridized carbons (Fsp3) is 0.682. The molecule has 0 saturated carbocycles. The van der Waals surface area contributed by atoms with Crippen LogP contribution in [-0.4, -0.2) is 91.2 Å². The molecule has 0 aliphatic carbocycles. The second-order valence-corrected chi connectivity index (χ2v) is 8.24. The Labute approximate surface area is 172 Å². The maximum atomic E-state index is 12.6. The van der Waals surface area contributed by atoms with E-state index in [4.69, 9.17) is 14.2 Å². The Morgan fingerprint density at radius 3 is 2.66 bits per heavy atom. The Morgan fingerprint density at radius 1 is 1.07 bits per heavy atom. The number of benzene rings is 1. The van der Waals surface area contributed by atoms with Crippen LogP contribution in [0.25, 0.3) is 0 Å². The van der Waals surface area contributed by atoms with Gasteiger partial charge in [-0.2, -0.15) is 0 Å². The van der Waals surface area contributed by atoms with Crippen molar-refractivity contribution in [3.63, 3.8) is 0 Å². The first kappa shape index (κ1) is 20.8. The number of carbonyl (C=O) groups is 1. The van der Waals surface area contributed by atoms with Crippen LogP contribution in [0.3, 0.4) is 0 Å². The van der Waals surface area contributed by atoms with Gasteiger partial charge in [-0.15, -0.1) is 0 Å². The number of fused-ring (bicyclic) bond motifs is 1. The first-order valence-electron chi connectivity index (χ1n) is 10.7. The molecule has 4 atom stereocenters. The van der Waals surface area contributed by atoms with Crippen molar-refractivity contribution in [2.75, 3.05) is 46.1 Å². The van der Waals surface area contributed by atoms with Crippen molar-refractivity contribution < 1.29 is 24.1 Å². The molecule has 0 bridgehead atoms. The maximum absolute atomic E-state index is 12.6. The van der Waals surface area contributed by atoms with Gasteiger partial charge in [0.2, 0.25) is 5.91 Å². The summed E-state index contributed by atoms with van der Waals surface area (Å²) in [6.45, 7) is 4.69. The van der Waals surface area contributed by atoms with Crippen LogP contribution in [0.2, 0.25) is 0 Å². The summed E-state index contributed by atoms with van der Waals surface area (Å²) in [7, 11) is 0. The van der Waals surface area contributed by atoms with Gasteiger partial charge in [0.1, 0.15) is 0 Å². The van der Waals surface area contributed by atoms with Crippen molar-refractivity contribution in [1.82, 2.24) is 9.80 Å². The van der Waals surface area contributed by atoms with Crippen molar-refractivity contribution >= 4 is 5.91 Å². The molecule has 1 aromatic carbocycles. The number of hydrogen-bond donors (Lipinski definition) is 1. The van der Waals surface area contributed by atoms with E-state index in [-0.39, 0.29) is 24.2 Å². The number of hydrogen-bond acceptors (Lipinski definition) is 6. The highest BCUT2D eigenvalue weighted by atomic mass is 16.5. The van der Waals surface area contributed by atoms with E-state index in [2.05, 4.69) is 17.0 Å². The number of amides is 1. The molecule has 1 aromatic rings. The molecular formula is C22H32N2O5. The van der Waals surface area contributed by atoms with Gasteiger partial charge in [0.05, 0.1) is 51.2 Å². The minimum atomic E-state index is -0.500. The Morgan fingerprint density at radius 2 is 1.86 bits per heavy atom. The van der Waals surface area contributed by atoms with E-state index in [1.165, 1.54) is 5.56 Å². The lowest BCUT2D eigenvalue weighted by Crippen LogP contribution is -2.55. The summed E-state index contributed by atoms with van der Waals surface area (Å²) >= 11 is 0. The highest BCUT2D eigenvalue weighted by Crippen LogP contribution is 2.29. The molecule has 3 fully saturated rings. The third-order valence-corrected chi connectivity index (χ3v) is 6.08. The Bertz CT molecular complexity index is 652. The minimum absolute atomic E-state index is 0.0712. The summed E-state index contributed by atoms with van der Waals surface area (Å²) in [4.78, 5) is 16.8. The van der Waals surface area contributed by atoms with Gasteiger partial charge >= 0.3 is 0 Å². The lowest BCUT2D eigenvalue weighted by atomic mass is 9.94. The molecule has 4 rings (SSSR count). The summed E-state index contributed by atoms with van der Waals surface area (Å²) in [5.74, 6) is 0.153. The van der Waals surface area contributed by atoms with E-state index in [0.29, 0.717) is 52.5 Å². The monoisotopic (exact) mass is 404 g/mol. The van der Waals surface area contributed by atoms with E-state index in [0.717, 1.165) is 19.4 Å². The minimum Gasteiger partial charge on any atom is -0.389 e. The zero-order valence-corrected chi connectivity index (χ0v) is 16.9. The number of β-amino-alcohol motifs (C(OH)–C–C–N with tert-alkyl or cyclic N) is 1. The normalized spacial score (nSPS) is 31.6. The number of rotatable bonds is 4. The number of carbonyl (C=O) groups excluding carboxylic acids is 1. The quantitative estimate of drug-likeness (QED) is 0.809. The molecule has 7 nitrogen and oxygen atoms in total. The largest absolute Gasteiger partial charge is 0.389 e. The lowest BCUT2D eigenvalue weighted by Gasteiger charge is -2.44. The number of ether oxygens (including phenoxy) is 3. The molecule has 160 valence electrons. The second kappa shape index (κ2) is 10.00. The Balaban J connectivity index is 1.39. The van der Waals surface area contributed by atoms with Crippen LogP contribution in [0.1, 0.15) is 24.8 Å². The molecule has 0 spiro atoms. The third-order valence-electron chi connectivity index (χ3n) is 6.08.